The first-order valence-electron chi connectivity index (χ1n) is 8.09. The fraction of sp³-hybridized carbons (Fsp3) is 0.368. The summed E-state index contributed by atoms with van der Waals surface area (Å²) in [4.78, 5) is 17.6. The van der Waals surface area contributed by atoms with Gasteiger partial charge in [-0.05, 0) is 56.1 Å². The maximum Gasteiger partial charge on any atom is 0.310 e. The third-order valence-corrected chi connectivity index (χ3v) is 4.58. The van der Waals surface area contributed by atoms with Crippen LogP contribution in [-0.4, -0.2) is 34.0 Å². The molecule has 24 heavy (non-hydrogen) atoms. The minimum atomic E-state index is -0.707. The van der Waals surface area contributed by atoms with E-state index in [2.05, 4.69) is 16.0 Å². The highest BCUT2D eigenvalue weighted by atomic mass is 16.5. The number of hydrogen-bond acceptors (Lipinski definition) is 4. The number of likely N-dealkylation sites (tertiary alicyclic amines) is 1. The summed E-state index contributed by atoms with van der Waals surface area (Å²) >= 11 is 0. The highest BCUT2D eigenvalue weighted by molar-refractivity contribution is 5.74. The van der Waals surface area contributed by atoms with E-state index in [0.29, 0.717) is 18.7 Å². The lowest BCUT2D eigenvalue weighted by atomic mass is 9.90. The van der Waals surface area contributed by atoms with Crippen LogP contribution >= 0.6 is 0 Å². The van der Waals surface area contributed by atoms with Crippen LogP contribution in [0.2, 0.25) is 0 Å². The van der Waals surface area contributed by atoms with Crippen molar-refractivity contribution in [2.24, 2.45) is 5.41 Å². The fourth-order valence-electron chi connectivity index (χ4n) is 3.08. The lowest BCUT2D eigenvalue weighted by Gasteiger charge is -2.20. The molecule has 0 radical (unpaired) electrons. The summed E-state index contributed by atoms with van der Waals surface area (Å²) in [6.45, 7) is 6.01. The van der Waals surface area contributed by atoms with Gasteiger partial charge in [-0.25, -0.2) is 0 Å². The van der Waals surface area contributed by atoms with Gasteiger partial charge in [-0.2, -0.15) is 0 Å². The smallest absolute Gasteiger partial charge is 0.310 e. The topological polar surface area (TPSA) is 62.7 Å². The van der Waals surface area contributed by atoms with Crippen LogP contribution in [0.4, 0.5) is 0 Å². The zero-order chi connectivity index (χ0) is 17.2. The molecule has 0 bridgehead atoms. The summed E-state index contributed by atoms with van der Waals surface area (Å²) in [7, 11) is 0. The molecule has 2 heterocycles. The monoisotopic (exact) mass is 326 g/mol. The Hall–Kier alpha value is -2.40. The molecule has 1 unspecified atom stereocenters. The Balaban J connectivity index is 1.66. The van der Waals surface area contributed by atoms with Gasteiger partial charge >= 0.3 is 5.97 Å². The standard InChI is InChI=1S/C19H22N2O3/c1-14-10-15(12-21-9-7-19(2,13-21)18(22)23)5-6-17(14)24-16-4-3-8-20-11-16/h3-6,8,10-11H,7,9,12-13H2,1-2H3,(H,22,23). The van der Waals surface area contributed by atoms with Crippen LogP contribution in [0.3, 0.4) is 0 Å². The van der Waals surface area contributed by atoms with Gasteiger partial charge < -0.3 is 9.84 Å². The number of aliphatic carboxylic acids is 1. The van der Waals surface area contributed by atoms with Gasteiger partial charge in [0.2, 0.25) is 0 Å². The van der Waals surface area contributed by atoms with Crippen LogP contribution in [0.15, 0.2) is 42.7 Å². The minimum Gasteiger partial charge on any atom is -0.481 e. The molecule has 5 heteroatoms. The molecule has 1 aromatic heterocycles. The van der Waals surface area contributed by atoms with Crippen molar-refractivity contribution in [3.05, 3.63) is 53.9 Å². The zero-order valence-corrected chi connectivity index (χ0v) is 14.0. The molecule has 1 saturated heterocycles. The van der Waals surface area contributed by atoms with Crippen molar-refractivity contribution in [1.82, 2.24) is 9.88 Å². The number of benzene rings is 1. The highest BCUT2D eigenvalue weighted by Crippen LogP contribution is 2.32. The summed E-state index contributed by atoms with van der Waals surface area (Å²) in [5, 5.41) is 9.33. The first kappa shape index (κ1) is 16.5. The first-order chi connectivity index (χ1) is 11.5. The number of aromatic nitrogens is 1. The number of aryl methyl sites for hydroxylation is 1. The van der Waals surface area contributed by atoms with E-state index < -0.39 is 11.4 Å². The zero-order valence-electron chi connectivity index (χ0n) is 14.0. The summed E-state index contributed by atoms with van der Waals surface area (Å²) in [5.74, 6) is 0.815. The van der Waals surface area contributed by atoms with Crippen molar-refractivity contribution < 1.29 is 14.6 Å². The molecule has 1 atom stereocenters. The van der Waals surface area contributed by atoms with Gasteiger partial charge in [-0.15, -0.1) is 0 Å². The van der Waals surface area contributed by atoms with Crippen LogP contribution in [0.1, 0.15) is 24.5 Å². The molecule has 0 amide bonds. The lowest BCUT2D eigenvalue weighted by molar-refractivity contribution is -0.147. The van der Waals surface area contributed by atoms with Gasteiger partial charge in [0.15, 0.2) is 0 Å². The average Bonchev–Trinajstić information content (AvgIpc) is 2.94. The quantitative estimate of drug-likeness (QED) is 0.911. The number of nitrogens with zero attached hydrogens (tertiary/aromatic N) is 2. The maximum atomic E-state index is 11.3. The van der Waals surface area contributed by atoms with E-state index in [4.69, 9.17) is 4.74 Å². The third-order valence-electron chi connectivity index (χ3n) is 4.58. The average molecular weight is 326 g/mol. The number of ether oxygens (including phenoxy) is 1. The van der Waals surface area contributed by atoms with E-state index in [0.717, 1.165) is 24.4 Å². The van der Waals surface area contributed by atoms with E-state index in [9.17, 15) is 9.90 Å². The van der Waals surface area contributed by atoms with Crippen molar-refractivity contribution in [2.75, 3.05) is 13.1 Å². The Bertz CT molecular complexity index is 733. The van der Waals surface area contributed by atoms with E-state index in [1.54, 1.807) is 12.4 Å². The maximum absolute atomic E-state index is 11.3. The molecule has 1 aliphatic rings. The Morgan fingerprint density at radius 2 is 2.25 bits per heavy atom. The van der Waals surface area contributed by atoms with E-state index in [1.807, 2.05) is 38.1 Å². The number of carboxylic acid groups (broad SMARTS) is 1. The summed E-state index contributed by atoms with van der Waals surface area (Å²) in [6.07, 6.45) is 4.09. The Morgan fingerprint density at radius 1 is 1.42 bits per heavy atom. The number of pyridine rings is 1. The predicted molar refractivity (Wildman–Crippen MR) is 91.1 cm³/mol. The van der Waals surface area contributed by atoms with Crippen molar-refractivity contribution >= 4 is 5.97 Å². The molecular weight excluding hydrogens is 304 g/mol. The van der Waals surface area contributed by atoms with E-state index >= 15 is 0 Å². The molecular formula is C19H22N2O3. The molecule has 2 aromatic rings. The van der Waals surface area contributed by atoms with Crippen molar-refractivity contribution in [3.8, 4) is 11.5 Å². The molecule has 3 rings (SSSR count). The van der Waals surface area contributed by atoms with Crippen LogP contribution in [0.25, 0.3) is 0 Å². The molecule has 1 aromatic carbocycles. The van der Waals surface area contributed by atoms with Gasteiger partial charge in [0.1, 0.15) is 11.5 Å². The summed E-state index contributed by atoms with van der Waals surface area (Å²) < 4.78 is 5.84. The van der Waals surface area contributed by atoms with Crippen molar-refractivity contribution in [3.63, 3.8) is 0 Å². The molecule has 0 aliphatic carbocycles. The summed E-state index contributed by atoms with van der Waals surface area (Å²) in [5.41, 5.74) is 1.59. The molecule has 5 nitrogen and oxygen atoms in total. The normalized spacial score (nSPS) is 20.9. The molecule has 0 spiro atoms. The second-order valence-electron chi connectivity index (χ2n) is 6.72. The molecule has 1 N–H and O–H groups in total. The van der Waals surface area contributed by atoms with Gasteiger partial charge in [-0.1, -0.05) is 12.1 Å². The first-order valence-corrected chi connectivity index (χ1v) is 8.09. The van der Waals surface area contributed by atoms with Gasteiger partial charge in [-0.3, -0.25) is 14.7 Å². The van der Waals surface area contributed by atoms with Crippen LogP contribution in [0.5, 0.6) is 11.5 Å². The third kappa shape index (κ3) is 3.57. The SMILES string of the molecule is Cc1cc(CN2CCC(C)(C(=O)O)C2)ccc1Oc1cccnc1. The largest absolute Gasteiger partial charge is 0.481 e. The Labute approximate surface area is 141 Å². The van der Waals surface area contributed by atoms with Gasteiger partial charge in [0, 0.05) is 19.3 Å². The van der Waals surface area contributed by atoms with Gasteiger partial charge in [0.05, 0.1) is 11.6 Å². The van der Waals surface area contributed by atoms with E-state index in [-0.39, 0.29) is 0 Å². The number of carboxylic acids is 1. The second kappa shape index (κ2) is 6.61. The van der Waals surface area contributed by atoms with Crippen LogP contribution in [0, 0.1) is 12.3 Å². The lowest BCUT2D eigenvalue weighted by Crippen LogP contribution is -2.31. The predicted octanol–water partition coefficient (Wildman–Crippen LogP) is 3.48. The summed E-state index contributed by atoms with van der Waals surface area (Å²) in [6, 6.07) is 9.81. The van der Waals surface area contributed by atoms with Crippen molar-refractivity contribution in [2.45, 2.75) is 26.8 Å². The van der Waals surface area contributed by atoms with E-state index in [1.165, 1.54) is 5.56 Å². The van der Waals surface area contributed by atoms with Crippen LogP contribution in [-0.2, 0) is 11.3 Å². The number of carbonyl (C=O) groups is 1. The fourth-order valence-corrected chi connectivity index (χ4v) is 3.08. The number of rotatable bonds is 5. The minimum absolute atomic E-state index is 0.593. The second-order valence-corrected chi connectivity index (χ2v) is 6.72. The molecule has 1 aliphatic heterocycles. The Kier molecular flexibility index (Phi) is 4.53. The highest BCUT2D eigenvalue weighted by Gasteiger charge is 2.40. The molecule has 126 valence electrons. The number of hydrogen-bond donors (Lipinski definition) is 1. The van der Waals surface area contributed by atoms with Crippen molar-refractivity contribution in [1.29, 1.82) is 0 Å². The van der Waals surface area contributed by atoms with Crippen LogP contribution < -0.4 is 4.74 Å². The molecule has 1 fully saturated rings. The molecule has 0 saturated carbocycles. The Morgan fingerprint density at radius 3 is 2.88 bits per heavy atom. The van der Waals surface area contributed by atoms with Gasteiger partial charge in [0.25, 0.3) is 0 Å².